The van der Waals surface area contributed by atoms with Gasteiger partial charge >= 0.3 is 6.03 Å². The normalized spacial score (nSPS) is 19.8. The van der Waals surface area contributed by atoms with E-state index in [1.807, 2.05) is 0 Å². The summed E-state index contributed by atoms with van der Waals surface area (Å²) in [4.78, 5) is 38.1. The van der Waals surface area contributed by atoms with Gasteiger partial charge in [-0.2, -0.15) is 0 Å². The molecule has 1 fully saturated rings. The Hall–Kier alpha value is -3.36. The summed E-state index contributed by atoms with van der Waals surface area (Å²) in [6, 6.07) is 6.86. The van der Waals surface area contributed by atoms with Crippen LogP contribution < -0.4 is 10.6 Å². The fourth-order valence-electron chi connectivity index (χ4n) is 3.12. The fraction of sp³-hybridized carbons (Fsp3) is 0.250. The molecule has 3 rings (SSSR count). The van der Waals surface area contributed by atoms with Gasteiger partial charge in [0.1, 0.15) is 17.9 Å². The Bertz CT molecular complexity index is 981. The third kappa shape index (κ3) is 3.94. The average molecular weight is 405 g/mol. The molecular formula is C20H18F3N3O3. The van der Waals surface area contributed by atoms with Crippen molar-refractivity contribution in [3.63, 3.8) is 0 Å². The molecule has 0 spiro atoms. The van der Waals surface area contributed by atoms with Crippen LogP contribution in [-0.2, 0) is 15.1 Å². The van der Waals surface area contributed by atoms with E-state index in [0.717, 1.165) is 17.0 Å². The van der Waals surface area contributed by atoms with Crippen molar-refractivity contribution in [3.8, 4) is 0 Å². The van der Waals surface area contributed by atoms with Crippen molar-refractivity contribution in [2.45, 2.75) is 25.4 Å². The zero-order valence-corrected chi connectivity index (χ0v) is 15.6. The Morgan fingerprint density at radius 2 is 1.76 bits per heavy atom. The Labute approximate surface area is 164 Å². The summed E-state index contributed by atoms with van der Waals surface area (Å²) in [7, 11) is 0. The maximum absolute atomic E-state index is 13.4. The largest absolute Gasteiger partial charge is 0.348 e. The Balaban J connectivity index is 1.70. The highest BCUT2D eigenvalue weighted by Gasteiger charge is 2.49. The summed E-state index contributed by atoms with van der Waals surface area (Å²) in [6.45, 7) is 2.46. The van der Waals surface area contributed by atoms with Crippen LogP contribution in [0, 0.1) is 17.5 Å². The van der Waals surface area contributed by atoms with Crippen molar-refractivity contribution >= 4 is 17.8 Å². The van der Waals surface area contributed by atoms with E-state index in [-0.39, 0.29) is 0 Å². The molecule has 0 bridgehead atoms. The van der Waals surface area contributed by atoms with E-state index in [1.54, 1.807) is 6.92 Å². The van der Waals surface area contributed by atoms with Crippen LogP contribution in [-0.4, -0.2) is 29.3 Å². The first-order chi connectivity index (χ1) is 13.6. The van der Waals surface area contributed by atoms with E-state index in [4.69, 9.17) is 0 Å². The minimum Gasteiger partial charge on any atom is -0.348 e. The predicted octanol–water partition coefficient (Wildman–Crippen LogP) is 2.75. The molecule has 1 aliphatic heterocycles. The summed E-state index contributed by atoms with van der Waals surface area (Å²) in [5, 5.41) is 5.05. The number of urea groups is 1. The maximum atomic E-state index is 13.4. The Morgan fingerprint density at radius 3 is 2.38 bits per heavy atom. The minimum atomic E-state index is -1.43. The molecule has 2 aromatic rings. The van der Waals surface area contributed by atoms with Gasteiger partial charge < -0.3 is 10.6 Å². The number of carbonyl (C=O) groups excluding carboxylic acids is 3. The first-order valence-electron chi connectivity index (χ1n) is 8.76. The van der Waals surface area contributed by atoms with E-state index < -0.39 is 53.4 Å². The highest BCUT2D eigenvalue weighted by atomic mass is 19.2. The first kappa shape index (κ1) is 20.4. The summed E-state index contributed by atoms with van der Waals surface area (Å²) in [5.41, 5.74) is -0.738. The molecule has 6 nitrogen and oxygen atoms in total. The Morgan fingerprint density at radius 1 is 1.10 bits per heavy atom. The van der Waals surface area contributed by atoms with E-state index in [9.17, 15) is 27.6 Å². The van der Waals surface area contributed by atoms with Crippen LogP contribution in [0.3, 0.4) is 0 Å². The average Bonchev–Trinajstić information content (AvgIpc) is 2.88. The van der Waals surface area contributed by atoms with Crippen LogP contribution in [0.25, 0.3) is 0 Å². The summed E-state index contributed by atoms with van der Waals surface area (Å²) in [6.07, 6.45) is 0. The predicted molar refractivity (Wildman–Crippen MR) is 96.9 cm³/mol. The van der Waals surface area contributed by atoms with Crippen LogP contribution in [0.5, 0.6) is 0 Å². The lowest BCUT2D eigenvalue weighted by Crippen LogP contribution is -2.43. The van der Waals surface area contributed by atoms with Crippen molar-refractivity contribution in [1.29, 1.82) is 0 Å². The van der Waals surface area contributed by atoms with Crippen molar-refractivity contribution in [3.05, 3.63) is 71.0 Å². The van der Waals surface area contributed by atoms with Gasteiger partial charge in [0.05, 0.1) is 6.04 Å². The third-order valence-electron chi connectivity index (χ3n) is 4.82. The number of halogens is 3. The molecule has 152 valence electrons. The number of rotatable bonds is 5. The molecular weight excluding hydrogens is 387 g/mol. The maximum Gasteiger partial charge on any atom is 0.325 e. The lowest BCUT2D eigenvalue weighted by Gasteiger charge is -2.22. The molecule has 2 N–H and O–H groups in total. The van der Waals surface area contributed by atoms with Crippen LogP contribution in [0.15, 0.2) is 42.5 Å². The molecule has 29 heavy (non-hydrogen) atoms. The molecule has 0 saturated carbocycles. The highest BCUT2D eigenvalue weighted by molar-refractivity contribution is 6.09. The molecule has 4 amide bonds. The quantitative estimate of drug-likeness (QED) is 0.751. The number of benzene rings is 2. The summed E-state index contributed by atoms with van der Waals surface area (Å²) < 4.78 is 39.6. The van der Waals surface area contributed by atoms with Gasteiger partial charge in [0.25, 0.3) is 5.91 Å². The van der Waals surface area contributed by atoms with Crippen molar-refractivity contribution in [2.24, 2.45) is 0 Å². The topological polar surface area (TPSA) is 78.5 Å². The van der Waals surface area contributed by atoms with E-state index in [2.05, 4.69) is 10.6 Å². The van der Waals surface area contributed by atoms with Crippen LogP contribution in [0.4, 0.5) is 18.0 Å². The van der Waals surface area contributed by atoms with Gasteiger partial charge in [0.15, 0.2) is 11.6 Å². The van der Waals surface area contributed by atoms with Gasteiger partial charge in [-0.25, -0.2) is 18.0 Å². The third-order valence-corrected chi connectivity index (χ3v) is 4.82. The van der Waals surface area contributed by atoms with Crippen molar-refractivity contribution in [1.82, 2.24) is 15.5 Å². The van der Waals surface area contributed by atoms with Crippen LogP contribution >= 0.6 is 0 Å². The molecule has 1 saturated heterocycles. The lowest BCUT2D eigenvalue weighted by molar-refractivity contribution is -0.135. The van der Waals surface area contributed by atoms with Crippen LogP contribution in [0.1, 0.15) is 31.0 Å². The van der Waals surface area contributed by atoms with Crippen molar-refractivity contribution < 1.29 is 27.6 Å². The second-order valence-corrected chi connectivity index (χ2v) is 6.92. The van der Waals surface area contributed by atoms with E-state index in [1.165, 1.54) is 37.3 Å². The second kappa shape index (κ2) is 7.57. The molecule has 2 unspecified atom stereocenters. The standard InChI is InChI=1S/C20H18F3N3O3/c1-11(12-3-8-15(22)16(23)9-12)24-17(27)10-26-18(28)20(2,25-19(26)29)13-4-6-14(21)7-5-13/h3-9,11H,10H2,1-2H3,(H,24,27)(H,25,29). The summed E-state index contributed by atoms with van der Waals surface area (Å²) >= 11 is 0. The number of imide groups is 1. The molecule has 1 aliphatic rings. The van der Waals surface area contributed by atoms with Gasteiger partial charge in [-0.05, 0) is 49.2 Å². The Kier molecular flexibility index (Phi) is 5.32. The molecule has 0 aliphatic carbocycles. The number of hydrogen-bond donors (Lipinski definition) is 2. The summed E-state index contributed by atoms with van der Waals surface area (Å²) in [5.74, 6) is -3.87. The zero-order chi connectivity index (χ0) is 21.3. The zero-order valence-electron chi connectivity index (χ0n) is 15.6. The number of nitrogens with zero attached hydrogens (tertiary/aromatic N) is 1. The smallest absolute Gasteiger partial charge is 0.325 e. The molecule has 0 radical (unpaired) electrons. The van der Waals surface area contributed by atoms with Gasteiger partial charge in [0, 0.05) is 0 Å². The monoisotopic (exact) mass is 405 g/mol. The number of hydrogen-bond acceptors (Lipinski definition) is 3. The number of amides is 4. The molecule has 2 atom stereocenters. The fourth-order valence-corrected chi connectivity index (χ4v) is 3.12. The van der Waals surface area contributed by atoms with Gasteiger partial charge in [-0.3, -0.25) is 14.5 Å². The lowest BCUT2D eigenvalue weighted by atomic mass is 9.92. The minimum absolute atomic E-state index is 0.325. The van der Waals surface area contributed by atoms with Crippen molar-refractivity contribution in [2.75, 3.05) is 6.54 Å². The SMILES string of the molecule is CC(NC(=O)CN1C(=O)NC(C)(c2ccc(F)cc2)C1=O)c1ccc(F)c(F)c1. The van der Waals surface area contributed by atoms with Crippen LogP contribution in [0.2, 0.25) is 0 Å². The number of carbonyl (C=O) groups is 3. The van der Waals surface area contributed by atoms with Gasteiger partial charge in [-0.15, -0.1) is 0 Å². The number of nitrogens with one attached hydrogen (secondary N) is 2. The van der Waals surface area contributed by atoms with E-state index in [0.29, 0.717) is 11.1 Å². The molecule has 0 aromatic heterocycles. The molecule has 2 aromatic carbocycles. The van der Waals surface area contributed by atoms with Gasteiger partial charge in [-0.1, -0.05) is 18.2 Å². The first-order valence-corrected chi connectivity index (χ1v) is 8.76. The highest BCUT2D eigenvalue weighted by Crippen LogP contribution is 2.28. The second-order valence-electron chi connectivity index (χ2n) is 6.92. The van der Waals surface area contributed by atoms with Gasteiger partial charge in [0.2, 0.25) is 5.91 Å². The van der Waals surface area contributed by atoms with E-state index >= 15 is 0 Å². The molecule has 9 heteroatoms. The molecule has 1 heterocycles.